The van der Waals surface area contributed by atoms with Crippen LogP contribution in [0.5, 0.6) is 0 Å². The summed E-state index contributed by atoms with van der Waals surface area (Å²) >= 11 is 11.8. The van der Waals surface area contributed by atoms with Crippen molar-refractivity contribution in [1.29, 1.82) is 0 Å². The van der Waals surface area contributed by atoms with E-state index in [1.807, 2.05) is 0 Å². The van der Waals surface area contributed by atoms with Crippen molar-refractivity contribution in [3.8, 4) is 0 Å². The molecule has 2 aromatic carbocycles. The summed E-state index contributed by atoms with van der Waals surface area (Å²) in [6, 6.07) is 6.63. The van der Waals surface area contributed by atoms with Crippen LogP contribution in [0, 0.1) is 6.92 Å². The number of aryl methyl sites for hydroxylation is 1. The molecule has 1 unspecified atom stereocenters. The van der Waals surface area contributed by atoms with E-state index in [0.717, 1.165) is 31.4 Å². The highest BCUT2D eigenvalue weighted by atomic mass is 35.5. The minimum Gasteiger partial charge on any atom is -0.377 e. The van der Waals surface area contributed by atoms with E-state index in [2.05, 4.69) is 15.2 Å². The SMILES string of the molecule is COCc1nc(N(CC(F)(F)F)C(=O)c2ccc(C3=NOC(c4cc(Cl)cc(Cl)c4)(C(F)(F)F)C3)cc2C)nn1CC(F)(F)F. The van der Waals surface area contributed by atoms with Gasteiger partial charge >= 0.3 is 18.5 Å². The van der Waals surface area contributed by atoms with Crippen molar-refractivity contribution in [2.45, 2.75) is 50.6 Å². The van der Waals surface area contributed by atoms with Crippen LogP contribution in [0.4, 0.5) is 45.5 Å². The van der Waals surface area contributed by atoms with Crippen LogP contribution < -0.4 is 4.90 Å². The van der Waals surface area contributed by atoms with Crippen LogP contribution in [0.1, 0.15) is 39.3 Å². The molecule has 0 saturated carbocycles. The fraction of sp³-hybridized carbons (Fsp3) is 0.385. The van der Waals surface area contributed by atoms with Crippen LogP contribution in [-0.2, 0) is 28.3 Å². The highest BCUT2D eigenvalue weighted by molar-refractivity contribution is 6.34. The number of oxime groups is 1. The molecule has 19 heteroatoms. The molecule has 1 aromatic heterocycles. The largest absolute Gasteiger partial charge is 0.435 e. The molecule has 45 heavy (non-hydrogen) atoms. The lowest BCUT2D eigenvalue weighted by atomic mass is 9.86. The second-order valence-electron chi connectivity index (χ2n) is 9.86. The van der Waals surface area contributed by atoms with Crippen molar-refractivity contribution < 1.29 is 53.9 Å². The van der Waals surface area contributed by atoms with Crippen LogP contribution >= 0.6 is 23.2 Å². The number of carbonyl (C=O) groups is 1. The Bertz CT molecular complexity index is 1600. The zero-order valence-corrected chi connectivity index (χ0v) is 24.4. The maximum Gasteiger partial charge on any atom is 0.435 e. The van der Waals surface area contributed by atoms with E-state index in [-0.39, 0.29) is 42.0 Å². The maximum absolute atomic E-state index is 14.3. The maximum atomic E-state index is 14.3. The zero-order chi connectivity index (χ0) is 33.5. The third-order valence-electron chi connectivity index (χ3n) is 6.47. The Kier molecular flexibility index (Phi) is 9.39. The molecule has 8 nitrogen and oxygen atoms in total. The predicted octanol–water partition coefficient (Wildman–Crippen LogP) is 7.39. The van der Waals surface area contributed by atoms with Gasteiger partial charge in [0.05, 0.1) is 5.71 Å². The number of rotatable bonds is 8. The van der Waals surface area contributed by atoms with Gasteiger partial charge < -0.3 is 9.57 Å². The molecular weight excluding hydrogens is 672 g/mol. The van der Waals surface area contributed by atoms with Crippen molar-refractivity contribution in [3.63, 3.8) is 0 Å². The highest BCUT2D eigenvalue weighted by Gasteiger charge is 2.62. The Morgan fingerprint density at radius 3 is 2.20 bits per heavy atom. The average Bonchev–Trinajstić information content (AvgIpc) is 3.51. The fourth-order valence-electron chi connectivity index (χ4n) is 4.49. The van der Waals surface area contributed by atoms with Crippen molar-refractivity contribution in [1.82, 2.24) is 14.8 Å². The van der Waals surface area contributed by atoms with E-state index in [4.69, 9.17) is 32.8 Å². The fourth-order valence-corrected chi connectivity index (χ4v) is 5.02. The third-order valence-corrected chi connectivity index (χ3v) is 6.90. The summed E-state index contributed by atoms with van der Waals surface area (Å²) in [5, 5.41) is 6.91. The Morgan fingerprint density at radius 1 is 1.02 bits per heavy atom. The number of benzene rings is 2. The Balaban J connectivity index is 1.68. The summed E-state index contributed by atoms with van der Waals surface area (Å²) in [6.07, 6.45) is -15.7. The number of amides is 1. The first-order valence-electron chi connectivity index (χ1n) is 12.5. The number of carbonyl (C=O) groups excluding carboxylic acids is 1. The van der Waals surface area contributed by atoms with Crippen molar-refractivity contribution in [3.05, 3.63) is 74.5 Å². The molecule has 0 saturated heterocycles. The molecule has 0 aliphatic carbocycles. The van der Waals surface area contributed by atoms with E-state index in [9.17, 15) is 44.3 Å². The lowest BCUT2D eigenvalue weighted by Gasteiger charge is -2.29. The molecule has 244 valence electrons. The van der Waals surface area contributed by atoms with Crippen molar-refractivity contribution in [2.75, 3.05) is 18.6 Å². The summed E-state index contributed by atoms with van der Waals surface area (Å²) in [5.74, 6) is -2.81. The number of ether oxygens (including phenoxy) is 1. The van der Waals surface area contributed by atoms with E-state index in [1.165, 1.54) is 19.1 Å². The van der Waals surface area contributed by atoms with Gasteiger partial charge in [-0.2, -0.15) is 44.5 Å². The van der Waals surface area contributed by atoms with Gasteiger partial charge in [-0.05, 0) is 48.4 Å². The second kappa shape index (κ2) is 12.3. The summed E-state index contributed by atoms with van der Waals surface area (Å²) in [6.45, 7) is -2.95. The number of aromatic nitrogens is 3. The number of nitrogens with zero attached hydrogens (tertiary/aromatic N) is 5. The molecule has 4 rings (SSSR count). The first-order chi connectivity index (χ1) is 20.7. The predicted molar refractivity (Wildman–Crippen MR) is 142 cm³/mol. The molecule has 0 radical (unpaired) electrons. The number of methoxy groups -OCH3 is 1. The highest BCUT2D eigenvalue weighted by Crippen LogP contribution is 2.49. The molecule has 2 heterocycles. The summed E-state index contributed by atoms with van der Waals surface area (Å²) in [5.41, 5.74) is -3.94. The van der Waals surface area contributed by atoms with E-state index in [1.54, 1.807) is 0 Å². The molecule has 0 fully saturated rings. The van der Waals surface area contributed by atoms with E-state index in [0.29, 0.717) is 0 Å². The molecule has 1 atom stereocenters. The minimum atomic E-state index is -5.03. The van der Waals surface area contributed by atoms with Gasteiger partial charge in [-0.25, -0.2) is 4.68 Å². The summed E-state index contributed by atoms with van der Waals surface area (Å²) in [4.78, 5) is 22.0. The van der Waals surface area contributed by atoms with Crippen LogP contribution in [0.15, 0.2) is 41.6 Å². The number of halogens is 11. The standard InChI is InChI=1S/C26H20Cl2F9N5O3/c1-13-5-14(19-9-23(45-40-19,26(35,36)37)15-6-16(27)8-17(28)7-15)3-4-18(13)21(43)41(11-24(29,30)31)22-38-20(10-44-2)42(39-22)12-25(32,33)34/h3-8H,9-12H2,1-2H3. The summed E-state index contributed by atoms with van der Waals surface area (Å²) in [7, 11) is 1.11. The normalized spacial score (nSPS) is 17.3. The molecule has 1 aliphatic heterocycles. The first-order valence-corrected chi connectivity index (χ1v) is 13.3. The molecule has 1 aliphatic rings. The molecule has 0 bridgehead atoms. The van der Waals surface area contributed by atoms with Crippen LogP contribution in [0.3, 0.4) is 0 Å². The number of anilines is 1. The minimum absolute atomic E-state index is 0.00507. The van der Waals surface area contributed by atoms with Gasteiger partial charge in [0.2, 0.25) is 0 Å². The van der Waals surface area contributed by atoms with Gasteiger partial charge in [0.25, 0.3) is 17.5 Å². The second-order valence-corrected chi connectivity index (χ2v) is 10.7. The summed E-state index contributed by atoms with van der Waals surface area (Å²) < 4.78 is 128. The number of hydrogen-bond acceptors (Lipinski definition) is 6. The van der Waals surface area contributed by atoms with Gasteiger partial charge in [-0.1, -0.05) is 34.4 Å². The Labute approximate surface area is 258 Å². The van der Waals surface area contributed by atoms with E-state index < -0.39 is 73.5 Å². The smallest absolute Gasteiger partial charge is 0.377 e. The van der Waals surface area contributed by atoms with Gasteiger partial charge in [0.15, 0.2) is 5.82 Å². The van der Waals surface area contributed by atoms with Crippen LogP contribution in [0.2, 0.25) is 10.0 Å². The Hall–Kier alpha value is -3.57. The number of alkyl halides is 9. The topological polar surface area (TPSA) is 81.8 Å². The molecule has 0 N–H and O–H groups in total. The van der Waals surface area contributed by atoms with Crippen molar-refractivity contribution in [2.24, 2.45) is 5.16 Å². The van der Waals surface area contributed by atoms with E-state index >= 15 is 0 Å². The monoisotopic (exact) mass is 691 g/mol. The average molecular weight is 692 g/mol. The van der Waals surface area contributed by atoms with Crippen LogP contribution in [0.25, 0.3) is 0 Å². The van der Waals surface area contributed by atoms with Gasteiger partial charge in [0.1, 0.15) is 19.7 Å². The molecular formula is C26H20Cl2F9N5O3. The lowest BCUT2D eigenvalue weighted by Crippen LogP contribution is -2.42. The van der Waals surface area contributed by atoms with Gasteiger partial charge in [0, 0.05) is 34.7 Å². The first kappa shape index (κ1) is 34.3. The van der Waals surface area contributed by atoms with Crippen LogP contribution in [-0.4, -0.2) is 58.6 Å². The lowest BCUT2D eigenvalue weighted by molar-refractivity contribution is -0.275. The molecule has 1 amide bonds. The van der Waals surface area contributed by atoms with Gasteiger partial charge in [-0.3, -0.25) is 9.69 Å². The quantitative estimate of drug-likeness (QED) is 0.230. The molecule has 3 aromatic rings. The zero-order valence-electron chi connectivity index (χ0n) is 22.9. The third kappa shape index (κ3) is 7.64. The van der Waals surface area contributed by atoms with Gasteiger partial charge in [-0.15, -0.1) is 5.10 Å². The Morgan fingerprint density at radius 2 is 1.67 bits per heavy atom. The number of hydrogen-bond donors (Lipinski definition) is 0. The van der Waals surface area contributed by atoms with Crippen molar-refractivity contribution >= 4 is 40.8 Å². The molecule has 0 spiro atoms.